The van der Waals surface area contributed by atoms with Gasteiger partial charge >= 0.3 is 0 Å². The van der Waals surface area contributed by atoms with E-state index in [1.165, 1.54) is 11.6 Å². The molecule has 0 aliphatic heterocycles. The van der Waals surface area contributed by atoms with E-state index in [2.05, 4.69) is 18.3 Å². The van der Waals surface area contributed by atoms with Crippen molar-refractivity contribution in [2.75, 3.05) is 11.1 Å². The molecular weight excluding hydrogens is 254 g/mol. The van der Waals surface area contributed by atoms with Crippen molar-refractivity contribution in [3.63, 3.8) is 0 Å². The van der Waals surface area contributed by atoms with Crippen molar-refractivity contribution in [2.45, 2.75) is 19.8 Å². The molecule has 0 amide bonds. The lowest BCUT2D eigenvalue weighted by atomic mass is 10.1. The molecule has 0 atom stereocenters. The van der Waals surface area contributed by atoms with Gasteiger partial charge in [-0.15, -0.1) is 0 Å². The number of anilines is 3. The van der Waals surface area contributed by atoms with E-state index in [1.807, 2.05) is 18.2 Å². The fourth-order valence-corrected chi connectivity index (χ4v) is 2.08. The second kappa shape index (κ2) is 6.06. The van der Waals surface area contributed by atoms with Crippen molar-refractivity contribution >= 4 is 22.7 Å². The maximum Gasteiger partial charge on any atom is 0.292 e. The molecule has 3 N–H and O–H groups in total. The first kappa shape index (κ1) is 13.9. The molecule has 20 heavy (non-hydrogen) atoms. The van der Waals surface area contributed by atoms with Crippen LogP contribution in [0.25, 0.3) is 0 Å². The molecule has 0 saturated carbocycles. The summed E-state index contributed by atoms with van der Waals surface area (Å²) < 4.78 is 0. The monoisotopic (exact) mass is 271 g/mol. The maximum atomic E-state index is 10.7. The molecule has 5 heteroatoms. The number of nitrogens with zero attached hydrogens (tertiary/aromatic N) is 1. The Kier molecular flexibility index (Phi) is 4.20. The fourth-order valence-electron chi connectivity index (χ4n) is 2.08. The maximum absolute atomic E-state index is 10.7. The number of para-hydroxylation sites is 1. The predicted octanol–water partition coefficient (Wildman–Crippen LogP) is 3.87. The first-order valence-electron chi connectivity index (χ1n) is 6.50. The van der Waals surface area contributed by atoms with Gasteiger partial charge in [-0.3, -0.25) is 10.1 Å². The Balaban J connectivity index is 2.26. The summed E-state index contributed by atoms with van der Waals surface area (Å²) in [7, 11) is 0. The molecule has 2 rings (SSSR count). The van der Waals surface area contributed by atoms with Gasteiger partial charge in [0.05, 0.1) is 4.92 Å². The summed E-state index contributed by atoms with van der Waals surface area (Å²) in [5.41, 5.74) is 8.74. The number of hydrogen-bond donors (Lipinski definition) is 2. The highest BCUT2D eigenvalue weighted by molar-refractivity contribution is 5.71. The van der Waals surface area contributed by atoms with E-state index in [0.29, 0.717) is 0 Å². The second-order valence-corrected chi connectivity index (χ2v) is 4.56. The summed E-state index contributed by atoms with van der Waals surface area (Å²) in [5.74, 6) is 0. The number of nitrogens with one attached hydrogen (secondary N) is 1. The minimum Gasteiger partial charge on any atom is -0.393 e. The molecular formula is C15H17N3O2. The van der Waals surface area contributed by atoms with Gasteiger partial charge in [-0.25, -0.2) is 0 Å². The number of nitro benzene ring substituents is 1. The number of nitrogens with two attached hydrogens (primary N) is 1. The third-order valence-corrected chi connectivity index (χ3v) is 3.04. The average Bonchev–Trinajstić information content (AvgIpc) is 2.41. The predicted molar refractivity (Wildman–Crippen MR) is 81.2 cm³/mol. The first-order chi connectivity index (χ1) is 9.61. The number of hydrogen-bond acceptors (Lipinski definition) is 4. The SMILES string of the molecule is CCCc1ccccc1Nc1ccc([N+](=O)[O-])c(N)c1. The topological polar surface area (TPSA) is 81.2 Å². The summed E-state index contributed by atoms with van der Waals surface area (Å²) in [6, 6.07) is 12.7. The quantitative estimate of drug-likeness (QED) is 0.491. The summed E-state index contributed by atoms with van der Waals surface area (Å²) in [4.78, 5) is 10.3. The van der Waals surface area contributed by atoms with Crippen LogP contribution in [-0.2, 0) is 6.42 Å². The van der Waals surface area contributed by atoms with Gasteiger partial charge in [0.2, 0.25) is 0 Å². The van der Waals surface area contributed by atoms with Crippen LogP contribution in [0.5, 0.6) is 0 Å². The van der Waals surface area contributed by atoms with Crippen molar-refractivity contribution in [3.05, 3.63) is 58.1 Å². The Labute approximate surface area is 117 Å². The molecule has 0 radical (unpaired) electrons. The standard InChI is InChI=1S/C15H17N3O2/c1-2-5-11-6-3-4-7-14(11)17-12-8-9-15(18(19)20)13(16)10-12/h3-4,6-10,17H,2,5,16H2,1H3. The summed E-state index contributed by atoms with van der Waals surface area (Å²) in [6.45, 7) is 2.13. The van der Waals surface area contributed by atoms with Crippen LogP contribution in [0.2, 0.25) is 0 Å². The van der Waals surface area contributed by atoms with E-state index in [0.717, 1.165) is 24.2 Å². The van der Waals surface area contributed by atoms with Crippen molar-refractivity contribution in [1.29, 1.82) is 0 Å². The Morgan fingerprint density at radius 2 is 2.00 bits per heavy atom. The van der Waals surface area contributed by atoms with E-state index in [4.69, 9.17) is 5.73 Å². The van der Waals surface area contributed by atoms with E-state index in [9.17, 15) is 10.1 Å². The third-order valence-electron chi connectivity index (χ3n) is 3.04. The molecule has 0 fully saturated rings. The lowest BCUT2D eigenvalue weighted by Gasteiger charge is -2.12. The number of nitro groups is 1. The van der Waals surface area contributed by atoms with Gasteiger partial charge in [-0.1, -0.05) is 31.5 Å². The zero-order valence-electron chi connectivity index (χ0n) is 11.3. The van der Waals surface area contributed by atoms with Crippen LogP contribution in [0.4, 0.5) is 22.7 Å². The Morgan fingerprint density at radius 3 is 2.65 bits per heavy atom. The molecule has 0 heterocycles. The Morgan fingerprint density at radius 1 is 1.25 bits per heavy atom. The van der Waals surface area contributed by atoms with E-state index >= 15 is 0 Å². The molecule has 104 valence electrons. The molecule has 0 saturated heterocycles. The zero-order chi connectivity index (χ0) is 14.5. The second-order valence-electron chi connectivity index (χ2n) is 4.56. The molecule has 0 unspecified atom stereocenters. The largest absolute Gasteiger partial charge is 0.393 e. The average molecular weight is 271 g/mol. The normalized spacial score (nSPS) is 10.2. The minimum atomic E-state index is -0.482. The molecule has 5 nitrogen and oxygen atoms in total. The van der Waals surface area contributed by atoms with Crippen LogP contribution in [-0.4, -0.2) is 4.92 Å². The van der Waals surface area contributed by atoms with Crippen LogP contribution in [0.15, 0.2) is 42.5 Å². The van der Waals surface area contributed by atoms with Crippen molar-refractivity contribution in [3.8, 4) is 0 Å². The molecule has 0 aromatic heterocycles. The van der Waals surface area contributed by atoms with E-state index in [1.54, 1.807) is 12.1 Å². The van der Waals surface area contributed by atoms with Crippen LogP contribution in [0.3, 0.4) is 0 Å². The highest BCUT2D eigenvalue weighted by Crippen LogP contribution is 2.28. The van der Waals surface area contributed by atoms with Gasteiger partial charge in [0.1, 0.15) is 5.69 Å². The van der Waals surface area contributed by atoms with Gasteiger partial charge in [-0.2, -0.15) is 0 Å². The van der Waals surface area contributed by atoms with Crippen LogP contribution < -0.4 is 11.1 Å². The number of benzene rings is 2. The van der Waals surface area contributed by atoms with Crippen molar-refractivity contribution < 1.29 is 4.92 Å². The molecule has 0 bridgehead atoms. The van der Waals surface area contributed by atoms with Gasteiger partial charge < -0.3 is 11.1 Å². The van der Waals surface area contributed by atoms with Gasteiger partial charge in [0, 0.05) is 17.4 Å². The molecule has 0 aliphatic carbocycles. The first-order valence-corrected chi connectivity index (χ1v) is 6.50. The summed E-state index contributed by atoms with van der Waals surface area (Å²) >= 11 is 0. The molecule has 2 aromatic rings. The molecule has 2 aromatic carbocycles. The molecule has 0 aliphatic rings. The Bertz CT molecular complexity index is 626. The summed E-state index contributed by atoms with van der Waals surface area (Å²) in [6.07, 6.45) is 2.03. The van der Waals surface area contributed by atoms with Gasteiger partial charge in [-0.05, 0) is 30.2 Å². The van der Waals surface area contributed by atoms with Crippen molar-refractivity contribution in [1.82, 2.24) is 0 Å². The fraction of sp³-hybridized carbons (Fsp3) is 0.200. The van der Waals surface area contributed by atoms with Gasteiger partial charge in [0.15, 0.2) is 0 Å². The van der Waals surface area contributed by atoms with Gasteiger partial charge in [0.25, 0.3) is 5.69 Å². The third kappa shape index (κ3) is 3.06. The van der Waals surface area contributed by atoms with Crippen LogP contribution in [0, 0.1) is 10.1 Å². The number of aryl methyl sites for hydroxylation is 1. The smallest absolute Gasteiger partial charge is 0.292 e. The zero-order valence-corrected chi connectivity index (χ0v) is 11.3. The highest BCUT2D eigenvalue weighted by Gasteiger charge is 2.11. The highest BCUT2D eigenvalue weighted by atomic mass is 16.6. The molecule has 0 spiro atoms. The van der Waals surface area contributed by atoms with Crippen molar-refractivity contribution in [2.24, 2.45) is 0 Å². The van der Waals surface area contributed by atoms with E-state index < -0.39 is 4.92 Å². The number of rotatable bonds is 5. The Hall–Kier alpha value is -2.56. The lowest BCUT2D eigenvalue weighted by molar-refractivity contribution is -0.383. The lowest BCUT2D eigenvalue weighted by Crippen LogP contribution is -1.99. The van der Waals surface area contributed by atoms with Crippen LogP contribution in [0.1, 0.15) is 18.9 Å². The number of nitrogen functional groups attached to an aromatic ring is 1. The summed E-state index contributed by atoms with van der Waals surface area (Å²) in [5, 5.41) is 14.0. The minimum absolute atomic E-state index is 0.0719. The van der Waals surface area contributed by atoms with E-state index in [-0.39, 0.29) is 11.4 Å². The van der Waals surface area contributed by atoms with Crippen LogP contribution >= 0.6 is 0 Å².